The molecule has 0 aliphatic rings. The number of nitrogens with one attached hydrogen (secondary N) is 1. The first-order valence-corrected chi connectivity index (χ1v) is 7.39. The summed E-state index contributed by atoms with van der Waals surface area (Å²) in [5, 5.41) is 2.64. The van der Waals surface area contributed by atoms with Gasteiger partial charge in [0.05, 0.1) is 5.02 Å². The molecule has 0 atom stereocenters. The first kappa shape index (κ1) is 17.0. The maximum atomic E-state index is 13.2. The Labute approximate surface area is 138 Å². The Morgan fingerprint density at radius 1 is 1.17 bits per heavy atom. The average molecular weight is 335 g/mol. The molecule has 2 aromatic carbocycles. The molecule has 2 rings (SSSR count). The molecule has 2 amide bonds. The molecular weight excluding hydrogens is 319 g/mol. The van der Waals surface area contributed by atoms with Gasteiger partial charge in [-0.15, -0.1) is 0 Å². The standard InChI is InChI=1S/C17H16ClFN2O2/c1-12(22)21(14-7-8-16(19)15(18)9-14)11-17(23)20-10-13-5-3-2-4-6-13/h2-9H,10-11H2,1H3,(H,20,23). The molecule has 0 aliphatic carbocycles. The lowest BCUT2D eigenvalue weighted by atomic mass is 10.2. The predicted octanol–water partition coefficient (Wildman–Crippen LogP) is 3.15. The maximum absolute atomic E-state index is 13.2. The van der Waals surface area contributed by atoms with Crippen LogP contribution < -0.4 is 10.2 Å². The molecule has 0 heterocycles. The fourth-order valence-electron chi connectivity index (χ4n) is 2.03. The van der Waals surface area contributed by atoms with Crippen LogP contribution in [0.25, 0.3) is 0 Å². The summed E-state index contributed by atoms with van der Waals surface area (Å²) in [7, 11) is 0. The molecule has 23 heavy (non-hydrogen) atoms. The van der Waals surface area contributed by atoms with Gasteiger partial charge >= 0.3 is 0 Å². The number of carbonyl (C=O) groups excluding carboxylic acids is 2. The second-order valence-electron chi connectivity index (χ2n) is 4.97. The lowest BCUT2D eigenvalue weighted by molar-refractivity contribution is -0.123. The summed E-state index contributed by atoms with van der Waals surface area (Å²) in [6, 6.07) is 13.3. The van der Waals surface area contributed by atoms with Gasteiger partial charge in [-0.2, -0.15) is 0 Å². The number of anilines is 1. The lowest BCUT2D eigenvalue weighted by Gasteiger charge is -2.21. The lowest BCUT2D eigenvalue weighted by Crippen LogP contribution is -2.39. The van der Waals surface area contributed by atoms with Gasteiger partial charge in [0, 0.05) is 19.2 Å². The fourth-order valence-corrected chi connectivity index (χ4v) is 2.21. The number of halogens is 2. The number of benzene rings is 2. The molecule has 0 spiro atoms. The van der Waals surface area contributed by atoms with Crippen molar-refractivity contribution in [3.8, 4) is 0 Å². The molecule has 0 aliphatic heterocycles. The van der Waals surface area contributed by atoms with Crippen LogP contribution >= 0.6 is 11.6 Å². The molecule has 0 bridgehead atoms. The molecule has 0 radical (unpaired) electrons. The molecule has 0 saturated carbocycles. The van der Waals surface area contributed by atoms with Gasteiger partial charge in [-0.25, -0.2) is 4.39 Å². The molecule has 0 unspecified atom stereocenters. The van der Waals surface area contributed by atoms with Crippen LogP contribution in [0.15, 0.2) is 48.5 Å². The van der Waals surface area contributed by atoms with E-state index >= 15 is 0 Å². The molecule has 1 N–H and O–H groups in total. The minimum absolute atomic E-state index is 0.0987. The van der Waals surface area contributed by atoms with Crippen molar-refractivity contribution in [2.45, 2.75) is 13.5 Å². The van der Waals surface area contributed by atoms with Crippen molar-refractivity contribution in [3.05, 3.63) is 64.9 Å². The van der Waals surface area contributed by atoms with Crippen LogP contribution in [-0.4, -0.2) is 18.4 Å². The van der Waals surface area contributed by atoms with Crippen LogP contribution in [-0.2, 0) is 16.1 Å². The highest BCUT2D eigenvalue weighted by molar-refractivity contribution is 6.31. The molecule has 120 valence electrons. The summed E-state index contributed by atoms with van der Waals surface area (Å²) in [6.45, 7) is 1.54. The Kier molecular flexibility index (Phi) is 5.71. The highest BCUT2D eigenvalue weighted by Crippen LogP contribution is 2.22. The third-order valence-electron chi connectivity index (χ3n) is 3.23. The molecule has 0 fully saturated rings. The molecule has 6 heteroatoms. The van der Waals surface area contributed by atoms with E-state index in [2.05, 4.69) is 5.32 Å². The summed E-state index contributed by atoms with van der Waals surface area (Å²) in [4.78, 5) is 25.0. The van der Waals surface area contributed by atoms with Crippen molar-refractivity contribution in [1.29, 1.82) is 0 Å². The number of rotatable bonds is 5. The van der Waals surface area contributed by atoms with E-state index in [0.29, 0.717) is 12.2 Å². The van der Waals surface area contributed by atoms with Crippen molar-refractivity contribution >= 4 is 29.1 Å². The van der Waals surface area contributed by atoms with Gasteiger partial charge in [-0.1, -0.05) is 41.9 Å². The van der Waals surface area contributed by atoms with Gasteiger partial charge in [0.25, 0.3) is 0 Å². The first-order valence-electron chi connectivity index (χ1n) is 7.01. The van der Waals surface area contributed by atoms with E-state index in [0.717, 1.165) is 11.6 Å². The molecule has 0 saturated heterocycles. The Morgan fingerprint density at radius 2 is 1.87 bits per heavy atom. The van der Waals surface area contributed by atoms with Gasteiger partial charge in [0.2, 0.25) is 11.8 Å². The predicted molar refractivity (Wildman–Crippen MR) is 87.7 cm³/mol. The van der Waals surface area contributed by atoms with Gasteiger partial charge in [0.15, 0.2) is 0 Å². The second kappa shape index (κ2) is 7.74. The van der Waals surface area contributed by atoms with E-state index in [1.807, 2.05) is 30.3 Å². The summed E-state index contributed by atoms with van der Waals surface area (Å²) < 4.78 is 13.2. The first-order chi connectivity index (χ1) is 11.0. The minimum atomic E-state index is -0.576. The zero-order valence-electron chi connectivity index (χ0n) is 12.6. The highest BCUT2D eigenvalue weighted by atomic mass is 35.5. The number of amides is 2. The topological polar surface area (TPSA) is 49.4 Å². The molecule has 0 aromatic heterocycles. The number of carbonyl (C=O) groups is 2. The van der Waals surface area contributed by atoms with Crippen LogP contribution in [0.4, 0.5) is 10.1 Å². The second-order valence-corrected chi connectivity index (χ2v) is 5.37. The third kappa shape index (κ3) is 4.79. The van der Waals surface area contributed by atoms with Crippen molar-refractivity contribution in [1.82, 2.24) is 5.32 Å². The van der Waals surface area contributed by atoms with Crippen LogP contribution in [0.2, 0.25) is 5.02 Å². The number of hydrogen-bond donors (Lipinski definition) is 1. The van der Waals surface area contributed by atoms with Crippen LogP contribution in [0, 0.1) is 5.82 Å². The molecule has 2 aromatic rings. The highest BCUT2D eigenvalue weighted by Gasteiger charge is 2.16. The summed E-state index contributed by atoms with van der Waals surface area (Å²) in [6.07, 6.45) is 0. The van der Waals surface area contributed by atoms with Gasteiger partial charge in [-0.05, 0) is 23.8 Å². The average Bonchev–Trinajstić information content (AvgIpc) is 2.54. The zero-order chi connectivity index (χ0) is 16.8. The van der Waals surface area contributed by atoms with Gasteiger partial charge < -0.3 is 10.2 Å². The Bertz CT molecular complexity index is 707. The van der Waals surface area contributed by atoms with Gasteiger partial charge in [0.1, 0.15) is 12.4 Å². The monoisotopic (exact) mass is 334 g/mol. The van der Waals surface area contributed by atoms with E-state index in [1.54, 1.807) is 0 Å². The van der Waals surface area contributed by atoms with E-state index in [-0.39, 0.29) is 23.4 Å². The quantitative estimate of drug-likeness (QED) is 0.913. The van der Waals surface area contributed by atoms with Gasteiger partial charge in [-0.3, -0.25) is 9.59 Å². The SMILES string of the molecule is CC(=O)N(CC(=O)NCc1ccccc1)c1ccc(F)c(Cl)c1. The largest absolute Gasteiger partial charge is 0.350 e. The van der Waals surface area contributed by atoms with Crippen molar-refractivity contribution in [3.63, 3.8) is 0 Å². The Hall–Kier alpha value is -2.40. The smallest absolute Gasteiger partial charge is 0.240 e. The van der Waals surface area contributed by atoms with E-state index in [4.69, 9.17) is 11.6 Å². The number of hydrogen-bond acceptors (Lipinski definition) is 2. The fraction of sp³-hybridized carbons (Fsp3) is 0.176. The van der Waals surface area contributed by atoms with Crippen LogP contribution in [0.3, 0.4) is 0 Å². The minimum Gasteiger partial charge on any atom is -0.350 e. The summed E-state index contributed by atoms with van der Waals surface area (Å²) in [5.74, 6) is -1.22. The van der Waals surface area contributed by atoms with Crippen molar-refractivity contribution in [2.24, 2.45) is 0 Å². The maximum Gasteiger partial charge on any atom is 0.240 e. The molecule has 4 nitrogen and oxygen atoms in total. The molecular formula is C17H16ClFN2O2. The van der Waals surface area contributed by atoms with E-state index in [9.17, 15) is 14.0 Å². The van der Waals surface area contributed by atoms with Crippen LogP contribution in [0.5, 0.6) is 0 Å². The van der Waals surface area contributed by atoms with Crippen LogP contribution in [0.1, 0.15) is 12.5 Å². The van der Waals surface area contributed by atoms with Crippen molar-refractivity contribution < 1.29 is 14.0 Å². The normalized spacial score (nSPS) is 10.2. The summed E-state index contributed by atoms with van der Waals surface area (Å²) >= 11 is 5.73. The number of nitrogens with zero attached hydrogens (tertiary/aromatic N) is 1. The van der Waals surface area contributed by atoms with E-state index < -0.39 is 5.82 Å². The zero-order valence-corrected chi connectivity index (χ0v) is 13.3. The Balaban J connectivity index is 2.02. The van der Waals surface area contributed by atoms with E-state index in [1.165, 1.54) is 24.0 Å². The Morgan fingerprint density at radius 3 is 2.48 bits per heavy atom. The summed E-state index contributed by atoms with van der Waals surface area (Å²) in [5.41, 5.74) is 1.33. The third-order valence-corrected chi connectivity index (χ3v) is 3.52. The van der Waals surface area contributed by atoms with Crippen molar-refractivity contribution in [2.75, 3.05) is 11.4 Å².